The number of Topliss-reactive ketones (excluding diaryl/α,β-unsaturated/α-hetero) is 2. The summed E-state index contributed by atoms with van der Waals surface area (Å²) in [6.07, 6.45) is 0.421. The Labute approximate surface area is 175 Å². The van der Waals surface area contributed by atoms with Gasteiger partial charge in [0.1, 0.15) is 5.82 Å². The normalized spacial score (nSPS) is 11.9. The van der Waals surface area contributed by atoms with Crippen molar-refractivity contribution in [2.75, 3.05) is 0 Å². The van der Waals surface area contributed by atoms with Crippen LogP contribution < -0.4 is 0 Å². The number of benzene rings is 4. The molecule has 0 saturated carbocycles. The van der Waals surface area contributed by atoms with Crippen LogP contribution in [0.1, 0.15) is 45.0 Å². The van der Waals surface area contributed by atoms with Crippen LogP contribution in [0.15, 0.2) is 97.1 Å². The molecule has 4 aromatic carbocycles. The minimum absolute atomic E-state index is 0.00140. The van der Waals surface area contributed by atoms with Crippen LogP contribution in [0.4, 0.5) is 4.39 Å². The summed E-state index contributed by atoms with van der Waals surface area (Å²) in [6, 6.07) is 28.8. The van der Waals surface area contributed by atoms with Crippen LogP contribution in [0, 0.1) is 5.82 Å². The smallest absolute Gasteiger partial charge is 0.163 e. The van der Waals surface area contributed by atoms with Crippen molar-refractivity contribution in [3.8, 4) is 0 Å². The molecule has 0 radical (unpaired) electrons. The third kappa shape index (κ3) is 4.52. The van der Waals surface area contributed by atoms with Gasteiger partial charge in [-0.1, -0.05) is 66.7 Å². The molecule has 0 aliphatic carbocycles. The van der Waals surface area contributed by atoms with E-state index in [1.807, 2.05) is 72.8 Å². The van der Waals surface area contributed by atoms with Gasteiger partial charge in [-0.2, -0.15) is 0 Å². The van der Waals surface area contributed by atoms with E-state index < -0.39 is 0 Å². The molecule has 3 heteroatoms. The van der Waals surface area contributed by atoms with Gasteiger partial charge in [-0.3, -0.25) is 9.59 Å². The van der Waals surface area contributed by atoms with Gasteiger partial charge in [-0.15, -0.1) is 0 Å². The molecule has 148 valence electrons. The summed E-state index contributed by atoms with van der Waals surface area (Å²) in [5, 5.41) is 2.10. The number of hydrogen-bond donors (Lipinski definition) is 0. The van der Waals surface area contributed by atoms with Crippen LogP contribution in [0.25, 0.3) is 10.8 Å². The molecule has 0 fully saturated rings. The molecule has 30 heavy (non-hydrogen) atoms. The summed E-state index contributed by atoms with van der Waals surface area (Å²) in [5.74, 6) is -0.725. The maximum atomic E-state index is 13.2. The zero-order chi connectivity index (χ0) is 20.9. The molecule has 0 unspecified atom stereocenters. The van der Waals surface area contributed by atoms with Gasteiger partial charge in [0.25, 0.3) is 0 Å². The van der Waals surface area contributed by atoms with Gasteiger partial charge >= 0.3 is 0 Å². The number of carbonyl (C=O) groups is 2. The second-order valence-electron chi connectivity index (χ2n) is 7.43. The van der Waals surface area contributed by atoms with E-state index >= 15 is 0 Å². The Morgan fingerprint density at radius 2 is 1.20 bits per heavy atom. The van der Waals surface area contributed by atoms with E-state index in [2.05, 4.69) is 0 Å². The molecule has 4 aromatic rings. The quantitative estimate of drug-likeness (QED) is 0.329. The summed E-state index contributed by atoms with van der Waals surface area (Å²) < 4.78 is 13.2. The molecule has 0 spiro atoms. The number of fused-ring (bicyclic) bond motifs is 1. The Balaban J connectivity index is 1.58. The zero-order valence-corrected chi connectivity index (χ0v) is 16.4. The Hall–Kier alpha value is -3.59. The molecule has 0 amide bonds. The fraction of sp³-hybridized carbons (Fsp3) is 0.111. The molecule has 0 aliphatic heterocycles. The lowest BCUT2D eigenvalue weighted by atomic mass is 9.86. The van der Waals surface area contributed by atoms with E-state index in [0.29, 0.717) is 11.1 Å². The maximum absolute atomic E-state index is 13.2. The fourth-order valence-corrected chi connectivity index (χ4v) is 3.71. The predicted octanol–water partition coefficient (Wildman–Crippen LogP) is 6.61. The Morgan fingerprint density at radius 1 is 0.633 bits per heavy atom. The molecule has 0 heterocycles. The monoisotopic (exact) mass is 396 g/mol. The Kier molecular flexibility index (Phi) is 5.80. The van der Waals surface area contributed by atoms with Crippen molar-refractivity contribution < 1.29 is 14.0 Å². The average Bonchev–Trinajstić information content (AvgIpc) is 2.79. The predicted molar refractivity (Wildman–Crippen MR) is 117 cm³/mol. The number of carbonyl (C=O) groups excluding carboxylic acids is 2. The highest BCUT2D eigenvalue weighted by Crippen LogP contribution is 2.28. The number of halogens is 1. The Bertz CT molecular complexity index is 1180. The van der Waals surface area contributed by atoms with E-state index in [-0.39, 0.29) is 36.1 Å². The highest BCUT2D eigenvalue weighted by Gasteiger charge is 2.21. The van der Waals surface area contributed by atoms with Crippen molar-refractivity contribution in [2.24, 2.45) is 0 Å². The minimum atomic E-state index is -0.377. The van der Waals surface area contributed by atoms with Crippen molar-refractivity contribution in [1.82, 2.24) is 0 Å². The molecule has 0 aromatic heterocycles. The highest BCUT2D eigenvalue weighted by atomic mass is 19.1. The zero-order valence-electron chi connectivity index (χ0n) is 16.4. The summed E-state index contributed by atoms with van der Waals surface area (Å²) in [4.78, 5) is 25.9. The van der Waals surface area contributed by atoms with Gasteiger partial charge in [0.2, 0.25) is 0 Å². The molecule has 0 saturated heterocycles. The van der Waals surface area contributed by atoms with E-state index in [0.717, 1.165) is 16.3 Å². The van der Waals surface area contributed by atoms with E-state index in [1.165, 1.54) is 24.3 Å². The molecular weight excluding hydrogens is 375 g/mol. The van der Waals surface area contributed by atoms with Crippen LogP contribution in [-0.4, -0.2) is 11.6 Å². The van der Waals surface area contributed by atoms with Crippen molar-refractivity contribution in [2.45, 2.75) is 18.8 Å². The fourth-order valence-electron chi connectivity index (χ4n) is 3.71. The third-order valence-corrected chi connectivity index (χ3v) is 5.37. The summed E-state index contributed by atoms with van der Waals surface area (Å²) in [5.41, 5.74) is 2.04. The van der Waals surface area contributed by atoms with Gasteiger partial charge in [-0.05, 0) is 52.6 Å². The molecule has 0 aliphatic rings. The van der Waals surface area contributed by atoms with Crippen molar-refractivity contribution in [3.63, 3.8) is 0 Å². The largest absolute Gasteiger partial charge is 0.294 e. The molecule has 0 N–H and O–H groups in total. The van der Waals surface area contributed by atoms with Gasteiger partial charge in [-0.25, -0.2) is 4.39 Å². The third-order valence-electron chi connectivity index (χ3n) is 5.37. The van der Waals surface area contributed by atoms with E-state index in [4.69, 9.17) is 0 Å². The lowest BCUT2D eigenvalue weighted by molar-refractivity contribution is 0.0944. The first kappa shape index (κ1) is 19.7. The second kappa shape index (κ2) is 8.83. The summed E-state index contributed by atoms with van der Waals surface area (Å²) >= 11 is 0. The van der Waals surface area contributed by atoms with Crippen molar-refractivity contribution in [1.29, 1.82) is 0 Å². The topological polar surface area (TPSA) is 34.1 Å². The minimum Gasteiger partial charge on any atom is -0.294 e. The van der Waals surface area contributed by atoms with Crippen LogP contribution in [-0.2, 0) is 0 Å². The first-order valence-electron chi connectivity index (χ1n) is 9.96. The SMILES string of the molecule is O=C(C[C@@H](CC(=O)c1ccc2ccccc2c1)c1ccccc1)c1ccc(F)cc1. The number of hydrogen-bond acceptors (Lipinski definition) is 2. The first-order valence-corrected chi connectivity index (χ1v) is 9.96. The van der Waals surface area contributed by atoms with E-state index in [1.54, 1.807) is 0 Å². The summed E-state index contributed by atoms with van der Waals surface area (Å²) in [7, 11) is 0. The summed E-state index contributed by atoms with van der Waals surface area (Å²) in [6.45, 7) is 0. The van der Waals surface area contributed by atoms with Crippen LogP contribution in [0.3, 0.4) is 0 Å². The maximum Gasteiger partial charge on any atom is 0.163 e. The van der Waals surface area contributed by atoms with Gasteiger partial charge in [0, 0.05) is 24.0 Å². The van der Waals surface area contributed by atoms with Crippen LogP contribution in [0.5, 0.6) is 0 Å². The number of rotatable bonds is 7. The van der Waals surface area contributed by atoms with E-state index in [9.17, 15) is 14.0 Å². The standard InChI is InChI=1S/C27H21FO2/c28-25-14-12-21(13-15-25)26(29)17-24(19-6-2-1-3-7-19)18-27(30)23-11-10-20-8-4-5-9-22(20)16-23/h1-16,24H,17-18H2/t24-/m0/s1. The molecular formula is C27H21FO2. The van der Waals surface area contributed by atoms with Gasteiger partial charge in [0.05, 0.1) is 0 Å². The molecule has 4 rings (SSSR count). The highest BCUT2D eigenvalue weighted by molar-refractivity contribution is 6.01. The number of ketones is 2. The van der Waals surface area contributed by atoms with Gasteiger partial charge in [0.15, 0.2) is 11.6 Å². The molecule has 1 atom stereocenters. The van der Waals surface area contributed by atoms with Crippen LogP contribution in [0.2, 0.25) is 0 Å². The molecule has 0 bridgehead atoms. The lowest BCUT2D eigenvalue weighted by Gasteiger charge is -2.16. The average molecular weight is 396 g/mol. The Morgan fingerprint density at radius 3 is 1.90 bits per heavy atom. The van der Waals surface area contributed by atoms with Gasteiger partial charge < -0.3 is 0 Å². The second-order valence-corrected chi connectivity index (χ2v) is 7.43. The van der Waals surface area contributed by atoms with Crippen molar-refractivity contribution >= 4 is 22.3 Å². The first-order chi connectivity index (χ1) is 14.6. The lowest BCUT2D eigenvalue weighted by Crippen LogP contribution is -2.13. The molecule has 2 nitrogen and oxygen atoms in total. The van der Waals surface area contributed by atoms with Crippen LogP contribution >= 0.6 is 0 Å². The van der Waals surface area contributed by atoms with Crippen molar-refractivity contribution in [3.05, 3.63) is 120 Å².